The van der Waals surface area contributed by atoms with E-state index in [0.717, 1.165) is 53.2 Å². The maximum absolute atomic E-state index is 13.5. The van der Waals surface area contributed by atoms with Crippen LogP contribution in [0.3, 0.4) is 0 Å². The molecule has 124 valence electrons. The van der Waals surface area contributed by atoms with Crippen molar-refractivity contribution in [3.63, 3.8) is 0 Å². The van der Waals surface area contributed by atoms with Gasteiger partial charge in [-0.25, -0.2) is 0 Å². The predicted octanol–water partition coefficient (Wildman–Crippen LogP) is 4.72. The highest BCUT2D eigenvalue weighted by atomic mass is 32.1. The zero-order valence-electron chi connectivity index (χ0n) is 14.3. The van der Waals surface area contributed by atoms with E-state index in [1.165, 1.54) is 0 Å². The van der Waals surface area contributed by atoms with Crippen LogP contribution in [0.15, 0.2) is 77.6 Å². The maximum atomic E-state index is 13.5. The molecule has 6 aromatic rings. The third kappa shape index (κ3) is 1.83. The van der Waals surface area contributed by atoms with Gasteiger partial charge in [-0.3, -0.25) is 9.20 Å². The fraction of sp³-hybridized carbons (Fsp3) is 0. The van der Waals surface area contributed by atoms with E-state index in [-0.39, 0.29) is 5.56 Å². The second-order valence-electron chi connectivity index (χ2n) is 6.77. The van der Waals surface area contributed by atoms with Gasteiger partial charge in [0, 0.05) is 21.5 Å². The van der Waals surface area contributed by atoms with E-state index in [2.05, 4.69) is 24.3 Å². The maximum Gasteiger partial charge on any atom is 0.263 e. The summed E-state index contributed by atoms with van der Waals surface area (Å²) in [4.78, 5) is 14.5. The van der Waals surface area contributed by atoms with Crippen molar-refractivity contribution >= 4 is 61.9 Å². The van der Waals surface area contributed by atoms with Crippen molar-refractivity contribution in [1.29, 1.82) is 0 Å². The lowest BCUT2D eigenvalue weighted by atomic mass is 10.00. The average Bonchev–Trinajstić information content (AvgIpc) is 3.23. The molecule has 4 heteroatoms. The number of rotatable bonds is 1. The highest BCUT2D eigenvalue weighted by Crippen LogP contribution is 2.40. The second-order valence-corrected chi connectivity index (χ2v) is 7.83. The summed E-state index contributed by atoms with van der Waals surface area (Å²) >= 11 is 1.55. The van der Waals surface area contributed by atoms with Crippen molar-refractivity contribution in [3.05, 3.63) is 83.2 Å². The number of fused-ring (bicyclic) bond motifs is 5. The van der Waals surface area contributed by atoms with Gasteiger partial charge in [0.25, 0.3) is 5.56 Å². The minimum absolute atomic E-state index is 0.0132. The molecule has 0 aliphatic rings. The van der Waals surface area contributed by atoms with E-state index in [4.69, 9.17) is 7.85 Å². The molecule has 0 N–H and O–H groups in total. The van der Waals surface area contributed by atoms with Gasteiger partial charge >= 0.3 is 0 Å². The van der Waals surface area contributed by atoms with E-state index in [1.807, 2.05) is 52.9 Å². The molecule has 6 rings (SSSR count). The number of aromatic nitrogens is 1. The second kappa shape index (κ2) is 5.21. The molecule has 0 aliphatic carbocycles. The zero-order chi connectivity index (χ0) is 18.1. The molecule has 0 bridgehead atoms. The van der Waals surface area contributed by atoms with E-state index >= 15 is 0 Å². The Hall–Kier alpha value is -3.11. The summed E-state index contributed by atoms with van der Waals surface area (Å²) in [5.74, 6) is 0. The highest BCUT2D eigenvalue weighted by Gasteiger charge is 2.22. The number of para-hydroxylation sites is 1. The molecule has 0 spiro atoms. The molecule has 0 fully saturated rings. The van der Waals surface area contributed by atoms with Gasteiger partial charge in [-0.1, -0.05) is 66.7 Å². The number of benzene rings is 3. The van der Waals surface area contributed by atoms with Crippen LogP contribution in [0, 0.1) is 0 Å². The quantitative estimate of drug-likeness (QED) is 0.307. The third-order valence-corrected chi connectivity index (χ3v) is 6.41. The summed E-state index contributed by atoms with van der Waals surface area (Å²) in [6.07, 6.45) is 0. The first-order valence-electron chi connectivity index (χ1n) is 8.80. The first-order chi connectivity index (χ1) is 13.3. The lowest BCUT2D eigenvalue weighted by Crippen LogP contribution is -2.12. The molecule has 0 saturated heterocycles. The molecule has 2 radical (unpaired) electrons. The van der Waals surface area contributed by atoms with Crippen LogP contribution >= 0.6 is 11.3 Å². The highest BCUT2D eigenvalue weighted by molar-refractivity contribution is 7.25. The van der Waals surface area contributed by atoms with E-state index in [9.17, 15) is 4.79 Å². The summed E-state index contributed by atoms with van der Waals surface area (Å²) in [5.41, 5.74) is 2.98. The molecule has 3 aromatic heterocycles. The van der Waals surface area contributed by atoms with Gasteiger partial charge in [0.15, 0.2) is 0 Å². The number of nitrogens with zero attached hydrogens (tertiary/aromatic N) is 1. The van der Waals surface area contributed by atoms with Crippen LogP contribution in [0.25, 0.3) is 48.4 Å². The molecule has 2 nitrogen and oxygen atoms in total. The minimum Gasteiger partial charge on any atom is -0.274 e. The predicted molar refractivity (Wildman–Crippen MR) is 116 cm³/mol. The fourth-order valence-corrected chi connectivity index (χ4v) is 5.31. The van der Waals surface area contributed by atoms with Crippen molar-refractivity contribution in [2.75, 3.05) is 0 Å². The molecule has 0 saturated carbocycles. The molecule has 3 aromatic carbocycles. The first kappa shape index (κ1) is 15.0. The molecule has 0 aliphatic heterocycles. The largest absolute Gasteiger partial charge is 0.274 e. The van der Waals surface area contributed by atoms with Crippen LogP contribution < -0.4 is 10.3 Å². The van der Waals surface area contributed by atoms with Gasteiger partial charge in [0.1, 0.15) is 7.85 Å². The van der Waals surface area contributed by atoms with Crippen molar-refractivity contribution in [3.8, 4) is 10.4 Å². The molecular formula is C23H12BNOS. The number of pyridine rings is 1. The van der Waals surface area contributed by atoms with Crippen LogP contribution in [0.1, 0.15) is 0 Å². The Kier molecular flexibility index (Phi) is 2.90. The molecule has 27 heavy (non-hydrogen) atoms. The Balaban J connectivity index is 1.98. The Morgan fingerprint density at radius 1 is 0.704 bits per heavy atom. The Morgan fingerprint density at radius 3 is 2.19 bits per heavy atom. The van der Waals surface area contributed by atoms with Gasteiger partial charge in [0.05, 0.1) is 15.9 Å². The third-order valence-electron chi connectivity index (χ3n) is 5.35. The van der Waals surface area contributed by atoms with E-state index in [0.29, 0.717) is 0 Å². The summed E-state index contributed by atoms with van der Waals surface area (Å²) in [6.45, 7) is 0. The fourth-order valence-electron chi connectivity index (χ4n) is 4.24. The number of thiophene rings is 1. The molecular weight excluding hydrogens is 349 g/mol. The molecule has 0 atom stereocenters. The normalized spacial score (nSPS) is 12.0. The number of hydrogen-bond donors (Lipinski definition) is 0. The van der Waals surface area contributed by atoms with Gasteiger partial charge < -0.3 is 0 Å². The van der Waals surface area contributed by atoms with Crippen LogP contribution in [0.5, 0.6) is 0 Å². The summed E-state index contributed by atoms with van der Waals surface area (Å²) < 4.78 is 2.63. The van der Waals surface area contributed by atoms with Gasteiger partial charge in [-0.2, -0.15) is 0 Å². The standard InChI is InChI=1S/C23H12BNOS/c24-22-18-17-12-6-11-15-14-9-4-5-10-16(14)23(26)25(19(15)17)20(18)21(27-22)13-7-2-1-3-8-13/h1-12H. The minimum atomic E-state index is 0.0132. The summed E-state index contributed by atoms with van der Waals surface area (Å²) in [6, 6.07) is 24.2. The van der Waals surface area contributed by atoms with Crippen molar-refractivity contribution in [2.45, 2.75) is 0 Å². The van der Waals surface area contributed by atoms with Crippen LogP contribution in [0.4, 0.5) is 0 Å². The summed E-state index contributed by atoms with van der Waals surface area (Å²) in [7, 11) is 6.46. The smallest absolute Gasteiger partial charge is 0.263 e. The zero-order valence-corrected chi connectivity index (χ0v) is 15.1. The first-order valence-corrected chi connectivity index (χ1v) is 9.62. The van der Waals surface area contributed by atoms with Crippen molar-refractivity contribution < 1.29 is 0 Å². The SMILES string of the molecule is [B]c1sc(-c2ccccc2)c2c1c1cccc3c4ccccc4c(=O)n2c31. The van der Waals surface area contributed by atoms with Gasteiger partial charge in [-0.15, -0.1) is 11.3 Å². The Bertz CT molecular complexity index is 1550. The van der Waals surface area contributed by atoms with Crippen LogP contribution in [-0.4, -0.2) is 12.2 Å². The Labute approximate surface area is 160 Å². The van der Waals surface area contributed by atoms with E-state index in [1.54, 1.807) is 11.3 Å². The van der Waals surface area contributed by atoms with E-state index < -0.39 is 0 Å². The monoisotopic (exact) mass is 361 g/mol. The average molecular weight is 361 g/mol. The lowest BCUT2D eigenvalue weighted by molar-refractivity contribution is 1.21. The summed E-state index contributed by atoms with van der Waals surface area (Å²) in [5, 5.41) is 4.84. The Morgan fingerprint density at radius 2 is 1.37 bits per heavy atom. The van der Waals surface area contributed by atoms with Gasteiger partial charge in [0.2, 0.25) is 0 Å². The van der Waals surface area contributed by atoms with Crippen LogP contribution in [0.2, 0.25) is 0 Å². The lowest BCUT2D eigenvalue weighted by Gasteiger charge is -2.07. The molecule has 3 heterocycles. The van der Waals surface area contributed by atoms with Gasteiger partial charge in [-0.05, 0) is 21.8 Å². The topological polar surface area (TPSA) is 21.5 Å². The molecule has 0 amide bonds. The van der Waals surface area contributed by atoms with Crippen LogP contribution in [-0.2, 0) is 0 Å². The van der Waals surface area contributed by atoms with Crippen molar-refractivity contribution in [2.24, 2.45) is 0 Å². The molecule has 0 unspecified atom stereocenters. The number of hydrogen-bond acceptors (Lipinski definition) is 2. The van der Waals surface area contributed by atoms with Crippen molar-refractivity contribution in [1.82, 2.24) is 4.40 Å².